The van der Waals surface area contributed by atoms with Crippen LogP contribution in [0.1, 0.15) is 33.1 Å². The van der Waals surface area contributed by atoms with Gasteiger partial charge >= 0.3 is 5.97 Å². The summed E-state index contributed by atoms with van der Waals surface area (Å²) < 4.78 is 5.29. The minimum atomic E-state index is -0.604. The molecule has 0 spiro atoms. The third-order valence-corrected chi connectivity index (χ3v) is 3.69. The van der Waals surface area contributed by atoms with Crippen molar-refractivity contribution in [2.45, 2.75) is 45.3 Å². The first kappa shape index (κ1) is 13.1. The molecule has 98 valence electrons. The highest BCUT2D eigenvalue weighted by molar-refractivity contribution is 5.91. The Bertz CT molecular complexity index is 431. The van der Waals surface area contributed by atoms with Crippen molar-refractivity contribution in [3.8, 4) is 0 Å². The Labute approximate surface area is 108 Å². The summed E-state index contributed by atoms with van der Waals surface area (Å²) >= 11 is 0. The zero-order valence-corrected chi connectivity index (χ0v) is 11.0. The monoisotopic (exact) mass is 248 g/mol. The van der Waals surface area contributed by atoms with Crippen LogP contribution in [0.5, 0.6) is 0 Å². The molecule has 0 saturated carbocycles. The molecular weight excluding hydrogens is 228 g/mol. The van der Waals surface area contributed by atoms with Crippen LogP contribution in [-0.4, -0.2) is 23.3 Å². The van der Waals surface area contributed by atoms with Crippen molar-refractivity contribution in [2.24, 2.45) is 5.92 Å². The molecule has 0 aromatic carbocycles. The van der Waals surface area contributed by atoms with Gasteiger partial charge in [0.15, 0.2) is 0 Å². The van der Waals surface area contributed by atoms with Gasteiger partial charge in [-0.25, -0.2) is 4.79 Å². The van der Waals surface area contributed by atoms with Crippen molar-refractivity contribution in [3.63, 3.8) is 0 Å². The van der Waals surface area contributed by atoms with E-state index in [9.17, 15) is 9.90 Å². The molecule has 1 aliphatic carbocycles. The summed E-state index contributed by atoms with van der Waals surface area (Å²) in [7, 11) is 0. The van der Waals surface area contributed by atoms with E-state index < -0.39 is 6.10 Å². The predicted molar refractivity (Wildman–Crippen MR) is 69.9 cm³/mol. The summed E-state index contributed by atoms with van der Waals surface area (Å²) in [6.45, 7) is 7.81. The molecule has 1 heterocycles. The van der Waals surface area contributed by atoms with Crippen molar-refractivity contribution < 1.29 is 14.6 Å². The molecule has 18 heavy (non-hydrogen) atoms. The summed E-state index contributed by atoms with van der Waals surface area (Å²) in [6.07, 6.45) is 5.65. The molecule has 0 unspecified atom stereocenters. The molecule has 1 saturated heterocycles. The Morgan fingerprint density at radius 3 is 2.83 bits per heavy atom. The standard InChI is InChI=1S/C15H20O3/c1-9-5-4-6-10(2)8-13-14(12(16)7-9)11(3)15(17)18-13/h5,8,12-14,16H,3-4,6-7H2,1-2H3/b9-5+,10-8+/t12-,13+,14+/m0/s1. The van der Waals surface area contributed by atoms with Crippen LogP contribution in [0.3, 0.4) is 0 Å². The second-order valence-corrected chi connectivity index (χ2v) is 5.29. The van der Waals surface area contributed by atoms with Gasteiger partial charge in [-0.05, 0) is 39.2 Å². The SMILES string of the molecule is C=C1C(=O)O[C@@H]2/C=C(\C)CC/C=C(\C)C[C@H](O)[C@@H]12. The van der Waals surface area contributed by atoms with Crippen LogP contribution in [0.15, 0.2) is 35.5 Å². The molecule has 0 aromatic heterocycles. The second kappa shape index (κ2) is 5.11. The number of aliphatic hydroxyl groups excluding tert-OH is 1. The van der Waals surface area contributed by atoms with Crippen LogP contribution in [0, 0.1) is 5.92 Å². The lowest BCUT2D eigenvalue weighted by atomic mass is 9.86. The van der Waals surface area contributed by atoms with Gasteiger partial charge in [-0.15, -0.1) is 0 Å². The van der Waals surface area contributed by atoms with Crippen LogP contribution in [0.4, 0.5) is 0 Å². The van der Waals surface area contributed by atoms with Crippen LogP contribution in [0.2, 0.25) is 0 Å². The van der Waals surface area contributed by atoms with Crippen LogP contribution in [-0.2, 0) is 9.53 Å². The fourth-order valence-electron chi connectivity index (χ4n) is 2.65. The van der Waals surface area contributed by atoms with Gasteiger partial charge in [0, 0.05) is 5.57 Å². The number of carbonyl (C=O) groups is 1. The molecule has 0 amide bonds. The molecule has 2 rings (SSSR count). The average Bonchev–Trinajstić information content (AvgIpc) is 2.53. The average molecular weight is 248 g/mol. The van der Waals surface area contributed by atoms with E-state index in [0.29, 0.717) is 12.0 Å². The molecule has 1 fully saturated rings. The van der Waals surface area contributed by atoms with Gasteiger partial charge in [-0.3, -0.25) is 0 Å². The van der Waals surface area contributed by atoms with E-state index in [1.165, 1.54) is 5.57 Å². The number of hydrogen-bond donors (Lipinski definition) is 1. The Balaban J connectivity index is 2.33. The first-order chi connectivity index (χ1) is 8.49. The zero-order chi connectivity index (χ0) is 13.3. The molecule has 0 bridgehead atoms. The fraction of sp³-hybridized carbons (Fsp3) is 0.533. The van der Waals surface area contributed by atoms with Crippen LogP contribution in [0.25, 0.3) is 0 Å². The number of rotatable bonds is 0. The molecule has 1 N–H and O–H groups in total. The van der Waals surface area contributed by atoms with Crippen LogP contribution < -0.4 is 0 Å². The van der Waals surface area contributed by atoms with E-state index in [0.717, 1.165) is 18.4 Å². The van der Waals surface area contributed by atoms with Crippen molar-refractivity contribution in [1.29, 1.82) is 0 Å². The van der Waals surface area contributed by atoms with E-state index in [-0.39, 0.29) is 18.0 Å². The molecule has 3 heteroatoms. The Morgan fingerprint density at radius 2 is 2.11 bits per heavy atom. The summed E-state index contributed by atoms with van der Waals surface area (Å²) in [5.41, 5.74) is 2.73. The van der Waals surface area contributed by atoms with Gasteiger partial charge in [-0.2, -0.15) is 0 Å². The quantitative estimate of drug-likeness (QED) is 0.407. The van der Waals surface area contributed by atoms with Gasteiger partial charge in [-0.1, -0.05) is 23.8 Å². The highest BCUT2D eigenvalue weighted by atomic mass is 16.6. The van der Waals surface area contributed by atoms with Crippen molar-refractivity contribution >= 4 is 5.97 Å². The zero-order valence-electron chi connectivity index (χ0n) is 11.0. The maximum Gasteiger partial charge on any atom is 0.334 e. The van der Waals surface area contributed by atoms with Gasteiger partial charge in [0.1, 0.15) is 6.10 Å². The van der Waals surface area contributed by atoms with E-state index in [2.05, 4.69) is 12.7 Å². The van der Waals surface area contributed by atoms with Crippen molar-refractivity contribution in [3.05, 3.63) is 35.5 Å². The minimum absolute atomic E-state index is 0.311. The molecule has 3 atom stereocenters. The van der Waals surface area contributed by atoms with Gasteiger partial charge in [0.05, 0.1) is 12.0 Å². The smallest absolute Gasteiger partial charge is 0.334 e. The third kappa shape index (κ3) is 2.56. The number of allylic oxidation sites excluding steroid dienone is 2. The molecule has 3 nitrogen and oxygen atoms in total. The van der Waals surface area contributed by atoms with E-state index in [4.69, 9.17) is 4.74 Å². The lowest BCUT2D eigenvalue weighted by Crippen LogP contribution is -2.28. The van der Waals surface area contributed by atoms with E-state index in [1.54, 1.807) is 0 Å². The fourth-order valence-corrected chi connectivity index (χ4v) is 2.65. The lowest BCUT2D eigenvalue weighted by molar-refractivity contribution is -0.137. The summed E-state index contributed by atoms with van der Waals surface area (Å²) in [6, 6.07) is 0. The molecular formula is C15H20O3. The van der Waals surface area contributed by atoms with Crippen molar-refractivity contribution in [1.82, 2.24) is 0 Å². The summed E-state index contributed by atoms with van der Waals surface area (Å²) in [4.78, 5) is 11.6. The number of fused-ring (bicyclic) bond motifs is 1. The predicted octanol–water partition coefficient (Wildman–Crippen LogP) is 2.52. The second-order valence-electron chi connectivity index (χ2n) is 5.29. The van der Waals surface area contributed by atoms with E-state index in [1.807, 2.05) is 19.9 Å². The number of esters is 1. The van der Waals surface area contributed by atoms with E-state index >= 15 is 0 Å². The molecule has 0 aromatic rings. The lowest BCUT2D eigenvalue weighted by Gasteiger charge is -2.23. The maximum absolute atomic E-state index is 11.6. The highest BCUT2D eigenvalue weighted by Gasteiger charge is 2.41. The molecule has 2 aliphatic rings. The maximum atomic E-state index is 11.6. The Hall–Kier alpha value is -1.35. The molecule has 1 aliphatic heterocycles. The first-order valence-electron chi connectivity index (χ1n) is 6.40. The van der Waals surface area contributed by atoms with Crippen molar-refractivity contribution in [2.75, 3.05) is 0 Å². The summed E-state index contributed by atoms with van der Waals surface area (Å²) in [5.74, 6) is -0.692. The number of hydrogen-bond acceptors (Lipinski definition) is 3. The Kier molecular flexibility index (Phi) is 3.71. The Morgan fingerprint density at radius 1 is 1.39 bits per heavy atom. The topological polar surface area (TPSA) is 46.5 Å². The molecule has 0 radical (unpaired) electrons. The first-order valence-corrected chi connectivity index (χ1v) is 6.40. The van der Waals surface area contributed by atoms with Gasteiger partial charge in [0.25, 0.3) is 0 Å². The highest BCUT2D eigenvalue weighted by Crippen LogP contribution is 2.34. The van der Waals surface area contributed by atoms with Gasteiger partial charge in [0.2, 0.25) is 0 Å². The largest absolute Gasteiger partial charge is 0.454 e. The van der Waals surface area contributed by atoms with Crippen LogP contribution >= 0.6 is 0 Å². The van der Waals surface area contributed by atoms with Gasteiger partial charge < -0.3 is 9.84 Å². The number of ether oxygens (including phenoxy) is 1. The number of carbonyl (C=O) groups excluding carboxylic acids is 1. The minimum Gasteiger partial charge on any atom is -0.454 e. The third-order valence-electron chi connectivity index (χ3n) is 3.69. The number of aliphatic hydroxyl groups is 1. The summed E-state index contributed by atoms with van der Waals surface area (Å²) in [5, 5.41) is 10.3. The normalized spacial score (nSPS) is 39.2.